The van der Waals surface area contributed by atoms with Gasteiger partial charge in [0.25, 0.3) is 0 Å². The highest BCUT2D eigenvalue weighted by molar-refractivity contribution is 6.35. The zero-order chi connectivity index (χ0) is 21.8. The fourth-order valence-corrected chi connectivity index (χ4v) is 4.59. The molecule has 0 saturated carbocycles. The van der Waals surface area contributed by atoms with E-state index in [4.69, 9.17) is 9.15 Å². The summed E-state index contributed by atoms with van der Waals surface area (Å²) in [7, 11) is 0. The first kappa shape index (κ1) is 18.4. The van der Waals surface area contributed by atoms with Gasteiger partial charge in [0.1, 0.15) is 5.56 Å². The fourth-order valence-electron chi connectivity index (χ4n) is 4.59. The Hall–Kier alpha value is -4.32. The van der Waals surface area contributed by atoms with Crippen LogP contribution in [0.4, 0.5) is 0 Å². The molecule has 0 bridgehead atoms. The minimum absolute atomic E-state index is 0.241. The lowest BCUT2D eigenvalue weighted by Gasteiger charge is -2.10. The van der Waals surface area contributed by atoms with Crippen molar-refractivity contribution in [1.82, 2.24) is 9.97 Å². The van der Waals surface area contributed by atoms with Crippen LogP contribution >= 0.6 is 0 Å². The summed E-state index contributed by atoms with van der Waals surface area (Å²) in [6.07, 6.45) is 1.49. The lowest BCUT2D eigenvalue weighted by atomic mass is 9.93. The molecule has 6 nitrogen and oxygen atoms in total. The molecule has 156 valence electrons. The third-order valence-corrected chi connectivity index (χ3v) is 5.86. The molecule has 0 fully saturated rings. The van der Waals surface area contributed by atoms with Gasteiger partial charge in [-0.25, -0.2) is 4.79 Å². The van der Waals surface area contributed by atoms with E-state index in [1.165, 1.54) is 6.26 Å². The smallest absolute Gasteiger partial charge is 0.342 e. The number of H-pyrrole nitrogens is 2. The van der Waals surface area contributed by atoms with E-state index in [1.54, 1.807) is 19.1 Å². The van der Waals surface area contributed by atoms with E-state index in [0.29, 0.717) is 32.9 Å². The van der Waals surface area contributed by atoms with E-state index in [0.717, 1.165) is 21.8 Å². The van der Waals surface area contributed by atoms with Gasteiger partial charge in [0.05, 0.1) is 23.9 Å². The predicted molar refractivity (Wildman–Crippen MR) is 123 cm³/mol. The second kappa shape index (κ2) is 6.85. The van der Waals surface area contributed by atoms with E-state index in [1.807, 2.05) is 48.5 Å². The maximum Gasteiger partial charge on any atom is 0.342 e. The lowest BCUT2D eigenvalue weighted by Crippen LogP contribution is -2.09. The molecule has 6 rings (SSSR count). The molecular weight excluding hydrogens is 404 g/mol. The molecule has 6 aromatic rings. The van der Waals surface area contributed by atoms with Crippen molar-refractivity contribution in [2.75, 3.05) is 6.61 Å². The quantitative estimate of drug-likeness (QED) is 0.271. The normalized spacial score (nSPS) is 11.7. The first-order chi connectivity index (χ1) is 15.7. The molecule has 0 atom stereocenters. The summed E-state index contributed by atoms with van der Waals surface area (Å²) in [6, 6.07) is 18.8. The minimum atomic E-state index is -0.447. The Morgan fingerprint density at radius 1 is 0.812 bits per heavy atom. The summed E-state index contributed by atoms with van der Waals surface area (Å²) in [4.78, 5) is 33.7. The van der Waals surface area contributed by atoms with E-state index < -0.39 is 5.97 Å². The van der Waals surface area contributed by atoms with Gasteiger partial charge in [0, 0.05) is 38.1 Å². The molecule has 3 aromatic carbocycles. The monoisotopic (exact) mass is 422 g/mol. The first-order valence-electron chi connectivity index (χ1n) is 10.4. The van der Waals surface area contributed by atoms with Gasteiger partial charge in [-0.3, -0.25) is 4.79 Å². The molecule has 0 spiro atoms. The van der Waals surface area contributed by atoms with E-state index in [9.17, 15) is 9.59 Å². The van der Waals surface area contributed by atoms with Crippen molar-refractivity contribution in [2.45, 2.75) is 6.92 Å². The molecule has 0 aliphatic carbocycles. The van der Waals surface area contributed by atoms with Crippen LogP contribution in [0.25, 0.3) is 43.6 Å². The van der Waals surface area contributed by atoms with Crippen molar-refractivity contribution in [3.05, 3.63) is 83.8 Å². The number of esters is 1. The first-order valence-corrected chi connectivity index (χ1v) is 10.4. The predicted octanol–water partition coefficient (Wildman–Crippen LogP) is 5.96. The third-order valence-electron chi connectivity index (χ3n) is 5.86. The number of nitrogens with one attached hydrogen (secondary N) is 2. The summed E-state index contributed by atoms with van der Waals surface area (Å²) in [5, 5.41) is 3.08. The number of benzene rings is 3. The Kier molecular flexibility index (Phi) is 3.95. The number of ether oxygens (including phenoxy) is 1. The number of furan rings is 1. The Labute approximate surface area is 181 Å². The van der Waals surface area contributed by atoms with Crippen LogP contribution in [0.3, 0.4) is 0 Å². The van der Waals surface area contributed by atoms with Crippen molar-refractivity contribution >= 4 is 55.4 Å². The van der Waals surface area contributed by atoms with E-state index in [-0.39, 0.29) is 18.2 Å². The average Bonchev–Trinajstić information content (AvgIpc) is 3.54. The Bertz CT molecular complexity index is 1580. The van der Waals surface area contributed by atoms with Crippen LogP contribution in [0, 0.1) is 0 Å². The Balaban J connectivity index is 1.90. The highest BCUT2D eigenvalue weighted by atomic mass is 16.5. The Morgan fingerprint density at radius 3 is 1.94 bits per heavy atom. The van der Waals surface area contributed by atoms with Gasteiger partial charge >= 0.3 is 5.97 Å². The van der Waals surface area contributed by atoms with Crippen LogP contribution in [0.1, 0.15) is 33.4 Å². The average molecular weight is 422 g/mol. The molecule has 3 heterocycles. The summed E-state index contributed by atoms with van der Waals surface area (Å²) in [6.45, 7) is 2.02. The number of aromatic nitrogens is 2. The van der Waals surface area contributed by atoms with Crippen LogP contribution in [-0.2, 0) is 4.74 Å². The largest absolute Gasteiger partial charge is 0.462 e. The highest BCUT2D eigenvalue weighted by Gasteiger charge is 2.29. The standard InChI is InChI=1S/C26H18N2O4/c1-2-31-26(30)22-23-19(14-8-3-5-10-16(14)27-23)21(25(29)18-12-7-13-32-18)20-15-9-4-6-11-17(15)28-24(20)22/h3-13,27-28H,2H2,1H3. The molecule has 32 heavy (non-hydrogen) atoms. The minimum Gasteiger partial charge on any atom is -0.462 e. The van der Waals surface area contributed by atoms with Crippen LogP contribution in [0.15, 0.2) is 71.3 Å². The highest BCUT2D eigenvalue weighted by Crippen LogP contribution is 2.41. The second-order valence-electron chi connectivity index (χ2n) is 7.62. The van der Waals surface area contributed by atoms with Crippen molar-refractivity contribution < 1.29 is 18.7 Å². The molecule has 0 radical (unpaired) electrons. The number of carbonyl (C=O) groups excluding carboxylic acids is 2. The number of carbonyl (C=O) groups is 2. The molecule has 0 aliphatic heterocycles. The Morgan fingerprint density at radius 2 is 1.41 bits per heavy atom. The van der Waals surface area contributed by atoms with Gasteiger partial charge in [-0.1, -0.05) is 36.4 Å². The third kappa shape index (κ3) is 2.46. The van der Waals surface area contributed by atoms with Gasteiger partial charge in [-0.2, -0.15) is 0 Å². The molecule has 2 N–H and O–H groups in total. The summed E-state index contributed by atoms with van der Waals surface area (Å²) < 4.78 is 10.9. The number of para-hydroxylation sites is 2. The van der Waals surface area contributed by atoms with Crippen molar-refractivity contribution in [2.24, 2.45) is 0 Å². The summed E-state index contributed by atoms with van der Waals surface area (Å²) in [5.74, 6) is -0.445. The molecule has 0 aliphatic rings. The van der Waals surface area contributed by atoms with Gasteiger partial charge in [0.2, 0.25) is 5.78 Å². The number of aromatic amines is 2. The van der Waals surface area contributed by atoms with Crippen molar-refractivity contribution in [3.8, 4) is 0 Å². The summed E-state index contributed by atoms with van der Waals surface area (Å²) in [5.41, 5.74) is 3.68. The van der Waals surface area contributed by atoms with Crippen molar-refractivity contribution in [3.63, 3.8) is 0 Å². The maximum atomic E-state index is 13.8. The molecule has 0 saturated heterocycles. The van der Waals surface area contributed by atoms with Crippen LogP contribution in [0.2, 0.25) is 0 Å². The topological polar surface area (TPSA) is 88.1 Å². The number of ketones is 1. The zero-order valence-corrected chi connectivity index (χ0v) is 17.2. The second-order valence-corrected chi connectivity index (χ2v) is 7.62. The number of hydrogen-bond donors (Lipinski definition) is 2. The van der Waals surface area contributed by atoms with E-state index >= 15 is 0 Å². The van der Waals surface area contributed by atoms with Crippen LogP contribution < -0.4 is 0 Å². The van der Waals surface area contributed by atoms with Crippen LogP contribution in [0.5, 0.6) is 0 Å². The van der Waals surface area contributed by atoms with Gasteiger partial charge in [0.15, 0.2) is 5.76 Å². The van der Waals surface area contributed by atoms with Crippen molar-refractivity contribution in [1.29, 1.82) is 0 Å². The number of fused-ring (bicyclic) bond motifs is 6. The van der Waals surface area contributed by atoms with E-state index in [2.05, 4.69) is 9.97 Å². The van der Waals surface area contributed by atoms with Gasteiger partial charge in [-0.15, -0.1) is 0 Å². The molecule has 0 amide bonds. The maximum absolute atomic E-state index is 13.8. The summed E-state index contributed by atoms with van der Waals surface area (Å²) >= 11 is 0. The molecule has 0 unspecified atom stereocenters. The molecular formula is C26H18N2O4. The zero-order valence-electron chi connectivity index (χ0n) is 17.2. The molecule has 3 aromatic heterocycles. The fraction of sp³-hybridized carbons (Fsp3) is 0.0769. The van der Waals surface area contributed by atoms with Gasteiger partial charge < -0.3 is 19.1 Å². The SMILES string of the molecule is CCOC(=O)c1c2[nH]c3ccccc3c2c(C(=O)c2ccco2)c2c1[nH]c1ccccc12. The number of hydrogen-bond acceptors (Lipinski definition) is 4. The molecule has 6 heteroatoms. The number of rotatable bonds is 4. The lowest BCUT2D eigenvalue weighted by molar-refractivity contribution is 0.0530. The van der Waals surface area contributed by atoms with Gasteiger partial charge in [-0.05, 0) is 31.2 Å². The van der Waals surface area contributed by atoms with Crippen LogP contribution in [-0.4, -0.2) is 28.3 Å².